The average Bonchev–Trinajstić information content (AvgIpc) is 2.67. The summed E-state index contributed by atoms with van der Waals surface area (Å²) in [5, 5.41) is 8.15. The average molecular weight is 415 g/mol. The van der Waals surface area contributed by atoms with Gasteiger partial charge in [0.2, 0.25) is 5.91 Å². The monoisotopic (exact) mass is 415 g/mol. The van der Waals surface area contributed by atoms with Crippen LogP contribution in [0.4, 0.5) is 22.1 Å². The number of methoxy groups -OCH3 is 1. The van der Waals surface area contributed by atoms with E-state index in [1.807, 2.05) is 0 Å². The smallest absolute Gasteiger partial charge is 0.408 e. The van der Waals surface area contributed by atoms with Crippen molar-refractivity contribution < 1.29 is 23.9 Å². The Kier molecular flexibility index (Phi) is 7.29. The Morgan fingerprint density at radius 1 is 1.10 bits per heavy atom. The van der Waals surface area contributed by atoms with Gasteiger partial charge in [-0.1, -0.05) is 0 Å². The number of carbonyl (C=O) groups excluding carboxylic acids is 3. The van der Waals surface area contributed by atoms with E-state index in [1.54, 1.807) is 51.2 Å². The van der Waals surface area contributed by atoms with Crippen molar-refractivity contribution in [3.05, 3.63) is 42.2 Å². The summed E-state index contributed by atoms with van der Waals surface area (Å²) < 4.78 is 9.79. The lowest BCUT2D eigenvalue weighted by molar-refractivity contribution is -0.117. The van der Waals surface area contributed by atoms with Gasteiger partial charge in [0.15, 0.2) is 5.82 Å². The van der Waals surface area contributed by atoms with Gasteiger partial charge in [0, 0.05) is 12.4 Å². The quantitative estimate of drug-likeness (QED) is 0.614. The Hall–Kier alpha value is -3.69. The normalized spacial score (nSPS) is 11.8. The van der Waals surface area contributed by atoms with Crippen LogP contribution in [0, 0.1) is 0 Å². The highest BCUT2D eigenvalue weighted by molar-refractivity contribution is 5.98. The van der Waals surface area contributed by atoms with E-state index in [2.05, 4.69) is 30.7 Å². The molecular formula is C20H25N5O5. The van der Waals surface area contributed by atoms with Crippen LogP contribution in [0.15, 0.2) is 36.7 Å². The van der Waals surface area contributed by atoms with Crippen LogP contribution >= 0.6 is 0 Å². The molecule has 30 heavy (non-hydrogen) atoms. The molecular weight excluding hydrogens is 390 g/mol. The minimum Gasteiger partial charge on any atom is -0.465 e. The van der Waals surface area contributed by atoms with Crippen molar-refractivity contribution in [2.75, 3.05) is 17.7 Å². The van der Waals surface area contributed by atoms with Gasteiger partial charge < -0.3 is 25.4 Å². The Morgan fingerprint density at radius 2 is 1.83 bits per heavy atom. The van der Waals surface area contributed by atoms with E-state index in [4.69, 9.17) is 4.74 Å². The molecule has 10 heteroatoms. The van der Waals surface area contributed by atoms with Gasteiger partial charge in [-0.15, -0.1) is 0 Å². The third kappa shape index (κ3) is 6.73. The molecule has 0 aliphatic heterocycles. The summed E-state index contributed by atoms with van der Waals surface area (Å²) in [6.45, 7) is 6.74. The van der Waals surface area contributed by atoms with Crippen LogP contribution in [0.25, 0.3) is 0 Å². The second kappa shape index (κ2) is 9.68. The van der Waals surface area contributed by atoms with E-state index in [-0.39, 0.29) is 0 Å². The van der Waals surface area contributed by atoms with Gasteiger partial charge in [-0.05, 0) is 52.0 Å². The maximum Gasteiger partial charge on any atom is 0.408 e. The first-order valence-corrected chi connectivity index (χ1v) is 9.16. The highest BCUT2D eigenvalue weighted by atomic mass is 16.6. The molecule has 0 saturated heterocycles. The topological polar surface area (TPSA) is 132 Å². The van der Waals surface area contributed by atoms with E-state index >= 15 is 0 Å². The molecule has 0 aliphatic carbocycles. The summed E-state index contributed by atoms with van der Waals surface area (Å²) in [6, 6.07) is 5.59. The maximum absolute atomic E-state index is 12.5. The van der Waals surface area contributed by atoms with Crippen molar-refractivity contribution in [2.45, 2.75) is 39.3 Å². The zero-order valence-electron chi connectivity index (χ0n) is 17.5. The minimum atomic E-state index is -0.842. The SMILES string of the molecule is COC(=O)c1ccc(Nc2ncccc2NC(=O)[C@H](C)NC(=O)OC(C)(C)C)nc1. The summed E-state index contributed by atoms with van der Waals surface area (Å²) in [5.41, 5.74) is 0.0238. The Bertz CT molecular complexity index is 909. The van der Waals surface area contributed by atoms with Gasteiger partial charge in [-0.3, -0.25) is 4.79 Å². The van der Waals surface area contributed by atoms with Crippen molar-refractivity contribution in [1.29, 1.82) is 0 Å². The third-order valence-corrected chi connectivity index (χ3v) is 3.62. The fourth-order valence-corrected chi connectivity index (χ4v) is 2.22. The van der Waals surface area contributed by atoms with E-state index in [9.17, 15) is 14.4 Å². The predicted octanol–water partition coefficient (Wildman–Crippen LogP) is 2.86. The molecule has 0 saturated carbocycles. The molecule has 2 aromatic rings. The van der Waals surface area contributed by atoms with Crippen LogP contribution in [0.2, 0.25) is 0 Å². The summed E-state index contributed by atoms with van der Waals surface area (Å²) in [6.07, 6.45) is 2.22. The van der Waals surface area contributed by atoms with Gasteiger partial charge in [0.05, 0.1) is 18.4 Å². The zero-order valence-corrected chi connectivity index (χ0v) is 17.5. The number of alkyl carbamates (subject to hydrolysis) is 1. The molecule has 2 aromatic heterocycles. The van der Waals surface area contributed by atoms with Crippen LogP contribution in [0.5, 0.6) is 0 Å². The van der Waals surface area contributed by atoms with Crippen molar-refractivity contribution in [3.8, 4) is 0 Å². The van der Waals surface area contributed by atoms with Crippen LogP contribution in [0.3, 0.4) is 0 Å². The van der Waals surface area contributed by atoms with Gasteiger partial charge in [-0.2, -0.15) is 0 Å². The van der Waals surface area contributed by atoms with E-state index < -0.39 is 29.6 Å². The van der Waals surface area contributed by atoms with E-state index in [0.29, 0.717) is 22.9 Å². The summed E-state index contributed by atoms with van der Waals surface area (Å²) in [7, 11) is 1.29. The molecule has 0 radical (unpaired) electrons. The van der Waals surface area contributed by atoms with Crippen LogP contribution in [-0.4, -0.2) is 46.7 Å². The molecule has 160 valence electrons. The first kappa shape index (κ1) is 22.6. The van der Waals surface area contributed by atoms with Gasteiger partial charge in [-0.25, -0.2) is 19.6 Å². The number of amides is 2. The molecule has 0 spiro atoms. The number of hydrogen-bond donors (Lipinski definition) is 3. The molecule has 0 bridgehead atoms. The molecule has 2 heterocycles. The second-order valence-electron chi connectivity index (χ2n) is 7.31. The van der Waals surface area contributed by atoms with Crippen molar-refractivity contribution >= 4 is 35.3 Å². The largest absolute Gasteiger partial charge is 0.465 e. The standard InChI is InChI=1S/C20H25N5O5/c1-12(23-19(28)30-20(2,3)4)17(26)24-14-7-6-10-21-16(14)25-15-9-8-13(11-22-15)18(27)29-5/h6-12H,1-5H3,(H,23,28)(H,24,26)(H,21,22,25)/t12-/m0/s1. The molecule has 0 aliphatic rings. The summed E-state index contributed by atoms with van der Waals surface area (Å²) >= 11 is 0. The lowest BCUT2D eigenvalue weighted by atomic mass is 10.2. The molecule has 3 N–H and O–H groups in total. The summed E-state index contributed by atoms with van der Waals surface area (Å²) in [4.78, 5) is 44.1. The van der Waals surface area contributed by atoms with Gasteiger partial charge in [0.1, 0.15) is 17.5 Å². The molecule has 2 amide bonds. The Labute approximate surface area is 174 Å². The first-order chi connectivity index (χ1) is 14.1. The number of hydrogen-bond acceptors (Lipinski definition) is 8. The zero-order chi connectivity index (χ0) is 22.3. The number of nitrogens with zero attached hydrogens (tertiary/aromatic N) is 2. The number of nitrogens with one attached hydrogen (secondary N) is 3. The molecule has 0 fully saturated rings. The summed E-state index contributed by atoms with van der Waals surface area (Å²) in [5.74, 6) is -0.192. The van der Waals surface area contributed by atoms with Crippen LogP contribution < -0.4 is 16.0 Å². The molecule has 0 aromatic carbocycles. The van der Waals surface area contributed by atoms with E-state index in [0.717, 1.165) is 0 Å². The third-order valence-electron chi connectivity index (χ3n) is 3.62. The van der Waals surface area contributed by atoms with Crippen molar-refractivity contribution in [2.24, 2.45) is 0 Å². The predicted molar refractivity (Wildman–Crippen MR) is 111 cm³/mol. The van der Waals surface area contributed by atoms with Crippen LogP contribution in [0.1, 0.15) is 38.1 Å². The Morgan fingerprint density at radius 3 is 2.43 bits per heavy atom. The first-order valence-electron chi connectivity index (χ1n) is 9.16. The molecule has 2 rings (SSSR count). The molecule has 10 nitrogen and oxygen atoms in total. The second-order valence-corrected chi connectivity index (χ2v) is 7.31. The van der Waals surface area contributed by atoms with Gasteiger partial charge in [0.25, 0.3) is 0 Å². The number of ether oxygens (including phenoxy) is 2. The number of anilines is 3. The number of carbonyl (C=O) groups is 3. The van der Waals surface area contributed by atoms with Crippen molar-refractivity contribution in [1.82, 2.24) is 15.3 Å². The van der Waals surface area contributed by atoms with Gasteiger partial charge >= 0.3 is 12.1 Å². The number of rotatable bonds is 6. The lowest BCUT2D eigenvalue weighted by Crippen LogP contribution is -2.44. The fourth-order valence-electron chi connectivity index (χ4n) is 2.22. The van der Waals surface area contributed by atoms with Crippen LogP contribution in [-0.2, 0) is 14.3 Å². The molecule has 1 atom stereocenters. The number of pyridine rings is 2. The Balaban J connectivity index is 2.05. The highest BCUT2D eigenvalue weighted by Gasteiger charge is 2.21. The fraction of sp³-hybridized carbons (Fsp3) is 0.350. The number of esters is 1. The minimum absolute atomic E-state index is 0.305. The maximum atomic E-state index is 12.5. The number of aromatic nitrogens is 2. The van der Waals surface area contributed by atoms with Crippen molar-refractivity contribution in [3.63, 3.8) is 0 Å². The van der Waals surface area contributed by atoms with E-state index in [1.165, 1.54) is 20.2 Å². The lowest BCUT2D eigenvalue weighted by Gasteiger charge is -2.22. The molecule has 0 unspecified atom stereocenters. The highest BCUT2D eigenvalue weighted by Crippen LogP contribution is 2.22.